The standard InChI is InChI=1S/C18H29N3/c1-3-4-5-6-7-8-11-14-21-18-13-10-9-12-16(18)17(20-21)15-19-2/h9-10,12-13,19H,3-8,11,14-15H2,1-2H3. The molecule has 1 heterocycles. The summed E-state index contributed by atoms with van der Waals surface area (Å²) in [6.45, 7) is 4.15. The number of aromatic nitrogens is 2. The van der Waals surface area contributed by atoms with Crippen LogP contribution in [0.15, 0.2) is 24.3 Å². The first-order valence-electron chi connectivity index (χ1n) is 8.46. The highest BCUT2D eigenvalue weighted by molar-refractivity contribution is 5.81. The third-order valence-corrected chi connectivity index (χ3v) is 4.05. The number of aryl methyl sites for hydroxylation is 1. The maximum Gasteiger partial charge on any atom is 0.0841 e. The number of para-hydroxylation sites is 1. The topological polar surface area (TPSA) is 29.9 Å². The highest BCUT2D eigenvalue weighted by Crippen LogP contribution is 2.19. The molecule has 3 heteroatoms. The molecule has 0 aliphatic carbocycles. The number of nitrogens with one attached hydrogen (secondary N) is 1. The average Bonchev–Trinajstić information content (AvgIpc) is 2.85. The molecule has 1 N–H and O–H groups in total. The first-order chi connectivity index (χ1) is 10.4. The lowest BCUT2D eigenvalue weighted by Gasteiger charge is -2.04. The van der Waals surface area contributed by atoms with Crippen LogP contribution in [0.25, 0.3) is 10.9 Å². The van der Waals surface area contributed by atoms with Gasteiger partial charge in [0.1, 0.15) is 0 Å². The Balaban J connectivity index is 1.87. The molecular weight excluding hydrogens is 258 g/mol. The minimum Gasteiger partial charge on any atom is -0.314 e. The van der Waals surface area contributed by atoms with Crippen molar-refractivity contribution in [1.29, 1.82) is 0 Å². The molecule has 0 bridgehead atoms. The molecule has 0 saturated heterocycles. The molecule has 0 atom stereocenters. The number of unbranched alkanes of at least 4 members (excludes halogenated alkanes) is 6. The van der Waals surface area contributed by atoms with Crippen LogP contribution >= 0.6 is 0 Å². The predicted octanol–water partition coefficient (Wildman–Crippen LogP) is 4.51. The molecule has 2 rings (SSSR count). The van der Waals surface area contributed by atoms with Gasteiger partial charge < -0.3 is 5.32 Å². The van der Waals surface area contributed by atoms with Gasteiger partial charge in [0.2, 0.25) is 0 Å². The van der Waals surface area contributed by atoms with Gasteiger partial charge in [-0.25, -0.2) is 0 Å². The number of fused-ring (bicyclic) bond motifs is 1. The highest BCUT2D eigenvalue weighted by Gasteiger charge is 2.08. The first kappa shape index (κ1) is 16.0. The largest absolute Gasteiger partial charge is 0.314 e. The van der Waals surface area contributed by atoms with Crippen molar-refractivity contribution in [2.24, 2.45) is 0 Å². The van der Waals surface area contributed by atoms with Crippen LogP contribution in [-0.4, -0.2) is 16.8 Å². The fourth-order valence-corrected chi connectivity index (χ4v) is 2.88. The van der Waals surface area contributed by atoms with E-state index in [1.165, 1.54) is 55.8 Å². The molecule has 2 aromatic rings. The summed E-state index contributed by atoms with van der Waals surface area (Å²) in [6.07, 6.45) is 9.41. The summed E-state index contributed by atoms with van der Waals surface area (Å²) < 4.78 is 2.19. The van der Waals surface area contributed by atoms with Gasteiger partial charge in [0.15, 0.2) is 0 Å². The molecule has 21 heavy (non-hydrogen) atoms. The van der Waals surface area contributed by atoms with Gasteiger partial charge in [-0.2, -0.15) is 5.10 Å². The molecule has 0 amide bonds. The monoisotopic (exact) mass is 287 g/mol. The normalized spacial score (nSPS) is 11.3. The van der Waals surface area contributed by atoms with Crippen molar-refractivity contribution in [3.8, 4) is 0 Å². The van der Waals surface area contributed by atoms with E-state index in [-0.39, 0.29) is 0 Å². The van der Waals surface area contributed by atoms with Crippen molar-refractivity contribution in [3.63, 3.8) is 0 Å². The Morgan fingerprint density at radius 3 is 2.48 bits per heavy atom. The zero-order valence-corrected chi connectivity index (χ0v) is 13.6. The van der Waals surface area contributed by atoms with E-state index >= 15 is 0 Å². The first-order valence-corrected chi connectivity index (χ1v) is 8.46. The van der Waals surface area contributed by atoms with Crippen LogP contribution in [0.2, 0.25) is 0 Å². The lowest BCUT2D eigenvalue weighted by Crippen LogP contribution is -2.07. The predicted molar refractivity (Wildman–Crippen MR) is 90.5 cm³/mol. The van der Waals surface area contributed by atoms with E-state index in [1.54, 1.807) is 0 Å². The van der Waals surface area contributed by atoms with Crippen LogP contribution in [0.4, 0.5) is 0 Å². The highest BCUT2D eigenvalue weighted by atomic mass is 15.3. The van der Waals surface area contributed by atoms with Gasteiger partial charge in [-0.15, -0.1) is 0 Å². The molecule has 1 aromatic heterocycles. The lowest BCUT2D eigenvalue weighted by atomic mass is 10.1. The summed E-state index contributed by atoms with van der Waals surface area (Å²) in [7, 11) is 1.98. The minimum absolute atomic E-state index is 0.838. The van der Waals surface area contributed by atoms with Crippen molar-refractivity contribution in [2.75, 3.05) is 7.05 Å². The molecule has 0 saturated carbocycles. The summed E-state index contributed by atoms with van der Waals surface area (Å²) in [6, 6.07) is 8.56. The summed E-state index contributed by atoms with van der Waals surface area (Å²) in [5.74, 6) is 0. The molecule has 0 aliphatic heterocycles. The van der Waals surface area contributed by atoms with E-state index in [4.69, 9.17) is 5.10 Å². The fraction of sp³-hybridized carbons (Fsp3) is 0.611. The average molecular weight is 287 g/mol. The third-order valence-electron chi connectivity index (χ3n) is 4.05. The third kappa shape index (κ3) is 4.57. The Hall–Kier alpha value is -1.35. The van der Waals surface area contributed by atoms with E-state index in [9.17, 15) is 0 Å². The van der Waals surface area contributed by atoms with Gasteiger partial charge in [0.05, 0.1) is 11.2 Å². The quantitative estimate of drug-likeness (QED) is 0.652. The number of hydrogen-bond acceptors (Lipinski definition) is 2. The Morgan fingerprint density at radius 2 is 1.71 bits per heavy atom. The number of nitrogens with zero attached hydrogens (tertiary/aromatic N) is 2. The van der Waals surface area contributed by atoms with Gasteiger partial charge in [-0.05, 0) is 19.5 Å². The second-order valence-corrected chi connectivity index (χ2v) is 5.84. The Morgan fingerprint density at radius 1 is 1.00 bits per heavy atom. The van der Waals surface area contributed by atoms with Crippen LogP contribution in [-0.2, 0) is 13.1 Å². The van der Waals surface area contributed by atoms with Crippen LogP contribution in [0, 0.1) is 0 Å². The van der Waals surface area contributed by atoms with Crippen molar-refractivity contribution in [3.05, 3.63) is 30.0 Å². The molecule has 0 unspecified atom stereocenters. The summed E-state index contributed by atoms with van der Waals surface area (Å²) in [5.41, 5.74) is 2.43. The molecule has 0 radical (unpaired) electrons. The second kappa shape index (κ2) is 8.83. The van der Waals surface area contributed by atoms with Gasteiger partial charge in [0, 0.05) is 18.5 Å². The molecule has 3 nitrogen and oxygen atoms in total. The van der Waals surface area contributed by atoms with Crippen LogP contribution in [0.5, 0.6) is 0 Å². The van der Waals surface area contributed by atoms with E-state index in [1.807, 2.05) is 7.05 Å². The maximum atomic E-state index is 4.78. The van der Waals surface area contributed by atoms with Crippen molar-refractivity contribution < 1.29 is 0 Å². The Kier molecular flexibility index (Phi) is 6.74. The van der Waals surface area contributed by atoms with Crippen molar-refractivity contribution in [2.45, 2.75) is 65.0 Å². The molecule has 0 fully saturated rings. The van der Waals surface area contributed by atoms with Crippen molar-refractivity contribution >= 4 is 10.9 Å². The van der Waals surface area contributed by atoms with E-state index < -0.39 is 0 Å². The van der Waals surface area contributed by atoms with Crippen LogP contribution in [0.1, 0.15) is 57.6 Å². The second-order valence-electron chi connectivity index (χ2n) is 5.84. The summed E-state index contributed by atoms with van der Waals surface area (Å²) in [4.78, 5) is 0. The van der Waals surface area contributed by atoms with Crippen molar-refractivity contribution in [1.82, 2.24) is 15.1 Å². The SMILES string of the molecule is CCCCCCCCCn1nc(CNC)c2ccccc21. The molecule has 0 aliphatic rings. The van der Waals surface area contributed by atoms with Gasteiger partial charge in [-0.1, -0.05) is 63.6 Å². The number of hydrogen-bond donors (Lipinski definition) is 1. The number of rotatable bonds is 10. The van der Waals surface area contributed by atoms with E-state index in [0.29, 0.717) is 0 Å². The summed E-state index contributed by atoms with van der Waals surface area (Å²) >= 11 is 0. The number of benzene rings is 1. The fourth-order valence-electron chi connectivity index (χ4n) is 2.88. The van der Waals surface area contributed by atoms with E-state index in [0.717, 1.165) is 18.8 Å². The molecule has 1 aromatic carbocycles. The minimum atomic E-state index is 0.838. The van der Waals surface area contributed by atoms with E-state index in [2.05, 4.69) is 41.2 Å². The zero-order valence-electron chi connectivity index (χ0n) is 13.6. The maximum absolute atomic E-state index is 4.78. The lowest BCUT2D eigenvalue weighted by molar-refractivity contribution is 0.527. The van der Waals surface area contributed by atoms with Crippen LogP contribution in [0.3, 0.4) is 0 Å². The van der Waals surface area contributed by atoms with Gasteiger partial charge in [-0.3, -0.25) is 4.68 Å². The molecule has 116 valence electrons. The zero-order chi connectivity index (χ0) is 14.9. The smallest absolute Gasteiger partial charge is 0.0841 e. The Bertz CT molecular complexity index is 530. The van der Waals surface area contributed by atoms with Gasteiger partial charge >= 0.3 is 0 Å². The molecular formula is C18H29N3. The Labute approximate surface area is 128 Å². The van der Waals surface area contributed by atoms with Crippen LogP contribution < -0.4 is 5.32 Å². The molecule has 0 spiro atoms. The summed E-state index contributed by atoms with van der Waals surface area (Å²) in [5, 5.41) is 9.28. The van der Waals surface area contributed by atoms with Gasteiger partial charge in [0.25, 0.3) is 0 Å².